The number of aromatic nitrogens is 2. The van der Waals surface area contributed by atoms with E-state index in [-0.39, 0.29) is 0 Å². The highest BCUT2D eigenvalue weighted by atomic mass is 15.1. The number of imidazole rings is 1. The second-order valence-corrected chi connectivity index (χ2v) is 9.08. The summed E-state index contributed by atoms with van der Waals surface area (Å²) in [7, 11) is 0. The van der Waals surface area contributed by atoms with Crippen LogP contribution in [0.2, 0.25) is 0 Å². The molecular weight excluding hydrogens is 340 g/mol. The summed E-state index contributed by atoms with van der Waals surface area (Å²) in [5.41, 5.74) is 8.03. The average Bonchev–Trinajstić information content (AvgIpc) is 3.10. The highest BCUT2D eigenvalue weighted by molar-refractivity contribution is 5.67. The van der Waals surface area contributed by atoms with Crippen LogP contribution < -0.4 is 0 Å². The largest absolute Gasteiger partial charge is 0.299 e. The summed E-state index contributed by atoms with van der Waals surface area (Å²) in [6, 6.07) is 15.6. The third-order valence-corrected chi connectivity index (χ3v) is 6.42. The lowest BCUT2D eigenvalue weighted by molar-refractivity contribution is 0.480. The number of rotatable bonds is 3. The maximum absolute atomic E-state index is 5.14. The molecule has 1 aromatic heterocycles. The van der Waals surface area contributed by atoms with Crippen LogP contribution in [-0.4, -0.2) is 9.55 Å². The maximum Gasteiger partial charge on any atom is 0.145 e. The molecule has 0 amide bonds. The molecule has 2 unspecified atom stereocenters. The van der Waals surface area contributed by atoms with Gasteiger partial charge in [-0.1, -0.05) is 84.0 Å². The van der Waals surface area contributed by atoms with Gasteiger partial charge in [0.05, 0.1) is 11.4 Å². The van der Waals surface area contributed by atoms with E-state index in [0.717, 1.165) is 12.2 Å². The zero-order valence-corrected chi connectivity index (χ0v) is 18.0. The molecule has 2 atom stereocenters. The fourth-order valence-corrected chi connectivity index (χ4v) is 4.59. The van der Waals surface area contributed by atoms with Crippen molar-refractivity contribution in [3.8, 4) is 17.1 Å². The van der Waals surface area contributed by atoms with Crippen LogP contribution in [-0.2, 0) is 6.42 Å². The number of hydrogen-bond donors (Lipinski definition) is 0. The van der Waals surface area contributed by atoms with Crippen molar-refractivity contribution in [1.82, 2.24) is 9.55 Å². The van der Waals surface area contributed by atoms with Crippen molar-refractivity contribution in [3.63, 3.8) is 0 Å². The fraction of sp³-hybridized carbons (Fsp3) is 0.423. The Morgan fingerprint density at radius 3 is 2.18 bits per heavy atom. The van der Waals surface area contributed by atoms with Crippen LogP contribution in [0.15, 0.2) is 48.7 Å². The molecule has 2 heterocycles. The number of nitrogens with zero attached hydrogens (tertiary/aromatic N) is 2. The molecule has 3 aromatic rings. The van der Waals surface area contributed by atoms with E-state index in [1.165, 1.54) is 33.6 Å². The summed E-state index contributed by atoms with van der Waals surface area (Å²) in [5.74, 6) is 3.12. The molecule has 146 valence electrons. The van der Waals surface area contributed by atoms with E-state index in [4.69, 9.17) is 4.98 Å². The molecule has 0 radical (unpaired) electrons. The van der Waals surface area contributed by atoms with Crippen molar-refractivity contribution in [1.29, 1.82) is 0 Å². The smallest absolute Gasteiger partial charge is 0.145 e. The third-order valence-electron chi connectivity index (χ3n) is 6.42. The predicted molar refractivity (Wildman–Crippen MR) is 118 cm³/mol. The second kappa shape index (κ2) is 7.24. The van der Waals surface area contributed by atoms with Gasteiger partial charge in [-0.25, -0.2) is 4.98 Å². The van der Waals surface area contributed by atoms with Crippen molar-refractivity contribution in [2.45, 2.75) is 65.7 Å². The first-order valence-electron chi connectivity index (χ1n) is 10.7. The van der Waals surface area contributed by atoms with E-state index >= 15 is 0 Å². The summed E-state index contributed by atoms with van der Waals surface area (Å²) in [6.45, 7) is 13.9. The van der Waals surface area contributed by atoms with E-state index in [2.05, 4.69) is 94.8 Å². The molecule has 1 aliphatic rings. The van der Waals surface area contributed by atoms with Crippen molar-refractivity contribution >= 4 is 0 Å². The summed E-state index contributed by atoms with van der Waals surface area (Å²) in [6.07, 6.45) is 3.32. The molecule has 1 aliphatic heterocycles. The van der Waals surface area contributed by atoms with Crippen LogP contribution in [0.5, 0.6) is 0 Å². The molecule has 2 nitrogen and oxygen atoms in total. The van der Waals surface area contributed by atoms with E-state index in [9.17, 15) is 0 Å². The molecular formula is C26H32N2. The maximum atomic E-state index is 5.14. The fourth-order valence-electron chi connectivity index (χ4n) is 4.59. The van der Waals surface area contributed by atoms with Gasteiger partial charge in [0.1, 0.15) is 5.82 Å². The molecule has 0 saturated heterocycles. The van der Waals surface area contributed by atoms with Crippen LogP contribution in [0.4, 0.5) is 0 Å². The Morgan fingerprint density at radius 2 is 1.54 bits per heavy atom. The van der Waals surface area contributed by atoms with Gasteiger partial charge in [0.15, 0.2) is 0 Å². The van der Waals surface area contributed by atoms with Crippen LogP contribution in [0.25, 0.3) is 17.1 Å². The summed E-state index contributed by atoms with van der Waals surface area (Å²) in [5, 5.41) is 0. The summed E-state index contributed by atoms with van der Waals surface area (Å²) >= 11 is 0. The quantitative estimate of drug-likeness (QED) is 0.480. The van der Waals surface area contributed by atoms with Gasteiger partial charge in [0, 0.05) is 11.8 Å². The van der Waals surface area contributed by atoms with Gasteiger partial charge < -0.3 is 0 Å². The minimum atomic E-state index is 0.464. The van der Waals surface area contributed by atoms with Crippen molar-refractivity contribution in [2.24, 2.45) is 5.92 Å². The number of fused-ring (bicyclic) bond motifs is 4. The molecule has 28 heavy (non-hydrogen) atoms. The Labute approximate surface area is 169 Å². The Hall–Kier alpha value is -2.35. The van der Waals surface area contributed by atoms with E-state index in [0.29, 0.717) is 23.7 Å². The lowest BCUT2D eigenvalue weighted by Gasteiger charge is -2.24. The first-order valence-corrected chi connectivity index (χ1v) is 10.7. The van der Waals surface area contributed by atoms with Gasteiger partial charge in [-0.2, -0.15) is 0 Å². The topological polar surface area (TPSA) is 17.8 Å². The first-order chi connectivity index (χ1) is 13.4. The molecule has 4 rings (SSSR count). The number of benzene rings is 2. The molecule has 2 heteroatoms. The molecule has 2 bridgehead atoms. The van der Waals surface area contributed by atoms with Gasteiger partial charge in [-0.15, -0.1) is 0 Å². The first kappa shape index (κ1) is 19.0. The van der Waals surface area contributed by atoms with Crippen molar-refractivity contribution in [3.05, 3.63) is 71.0 Å². The predicted octanol–water partition coefficient (Wildman–Crippen LogP) is 7.08. The zero-order chi connectivity index (χ0) is 20.0. The zero-order valence-electron chi connectivity index (χ0n) is 18.0. The van der Waals surface area contributed by atoms with Crippen molar-refractivity contribution in [2.75, 3.05) is 0 Å². The van der Waals surface area contributed by atoms with Gasteiger partial charge in [-0.3, -0.25) is 4.57 Å². The Morgan fingerprint density at radius 1 is 0.893 bits per heavy atom. The third kappa shape index (κ3) is 3.09. The SMILES string of the molecule is CC(C)c1cccc(C(C)C)c1-n1cc2nc1-c1ccccc1C(C)C(C)C2. The van der Waals surface area contributed by atoms with Gasteiger partial charge in [-0.05, 0) is 46.8 Å². The Balaban J connectivity index is 2.05. The van der Waals surface area contributed by atoms with Crippen molar-refractivity contribution < 1.29 is 0 Å². The minimum Gasteiger partial charge on any atom is -0.299 e. The monoisotopic (exact) mass is 372 g/mol. The lowest BCUT2D eigenvalue weighted by Crippen LogP contribution is -2.13. The van der Waals surface area contributed by atoms with Gasteiger partial charge in [0.25, 0.3) is 0 Å². The standard InChI is InChI=1S/C26H32N2/c1-16(2)21-12-9-13-22(17(3)4)25(21)28-15-20-14-18(5)19(6)23-10-7-8-11-24(23)26(28)27-20/h7-13,15-19H,14H2,1-6H3. The van der Waals surface area contributed by atoms with Crippen LogP contribution in [0.3, 0.4) is 0 Å². The summed E-state index contributed by atoms with van der Waals surface area (Å²) < 4.78 is 2.39. The number of hydrogen-bond acceptors (Lipinski definition) is 1. The molecule has 0 saturated carbocycles. The van der Waals surface area contributed by atoms with Gasteiger partial charge >= 0.3 is 0 Å². The van der Waals surface area contributed by atoms with Crippen LogP contribution in [0, 0.1) is 5.92 Å². The summed E-state index contributed by atoms with van der Waals surface area (Å²) in [4.78, 5) is 5.14. The molecule has 0 fully saturated rings. The van der Waals surface area contributed by atoms with Crippen LogP contribution in [0.1, 0.15) is 81.7 Å². The highest BCUT2D eigenvalue weighted by Gasteiger charge is 2.27. The Bertz CT molecular complexity index is 967. The normalized spacial score (nSPS) is 18.9. The molecule has 0 N–H and O–H groups in total. The minimum absolute atomic E-state index is 0.464. The second-order valence-electron chi connectivity index (χ2n) is 9.08. The van der Waals surface area contributed by atoms with Gasteiger partial charge in [0.2, 0.25) is 0 Å². The molecule has 2 aromatic carbocycles. The van der Waals surface area contributed by atoms with E-state index in [1.54, 1.807) is 0 Å². The molecule has 0 spiro atoms. The Kier molecular flexibility index (Phi) is 4.91. The van der Waals surface area contributed by atoms with E-state index < -0.39 is 0 Å². The average molecular weight is 373 g/mol. The van der Waals surface area contributed by atoms with E-state index in [1.807, 2.05) is 0 Å². The van der Waals surface area contributed by atoms with Crippen LogP contribution >= 0.6 is 0 Å². The number of para-hydroxylation sites is 1. The highest BCUT2D eigenvalue weighted by Crippen LogP contribution is 2.40. The lowest BCUT2D eigenvalue weighted by atomic mass is 9.83. The molecule has 0 aliphatic carbocycles.